The maximum Gasteiger partial charge on any atom is 0.416 e. The molecule has 9 heteroatoms. The van der Waals surface area contributed by atoms with Gasteiger partial charge in [0, 0.05) is 21.9 Å². The van der Waals surface area contributed by atoms with Crippen LogP contribution in [0.1, 0.15) is 21.5 Å². The monoisotopic (exact) mass is 440 g/mol. The number of anilines is 1. The number of halogens is 5. The van der Waals surface area contributed by atoms with Gasteiger partial charge in [-0.2, -0.15) is 13.2 Å². The lowest BCUT2D eigenvalue weighted by Crippen LogP contribution is -2.29. The summed E-state index contributed by atoms with van der Waals surface area (Å²) in [5, 5.41) is 3.19. The molecule has 4 nitrogen and oxygen atoms in total. The second kappa shape index (κ2) is 8.31. The summed E-state index contributed by atoms with van der Waals surface area (Å²) in [5.74, 6) is -0.657. The number of carbonyl (C=O) groups is 1. The Morgan fingerprint density at radius 1 is 1.00 bits per heavy atom. The number of nitrogens with zero attached hydrogens (tertiary/aromatic N) is 1. The van der Waals surface area contributed by atoms with Crippen molar-refractivity contribution in [1.29, 1.82) is 0 Å². The van der Waals surface area contributed by atoms with Crippen LogP contribution in [0.4, 0.5) is 18.9 Å². The Balaban J connectivity index is 1.82. The van der Waals surface area contributed by atoms with E-state index in [1.54, 1.807) is 0 Å². The summed E-state index contributed by atoms with van der Waals surface area (Å²) in [7, 11) is 0. The van der Waals surface area contributed by atoms with Gasteiger partial charge < -0.3 is 9.88 Å². The first-order chi connectivity index (χ1) is 13.6. The smallest absolute Gasteiger partial charge is 0.322 e. The Hall–Kier alpha value is -2.77. The van der Waals surface area contributed by atoms with Gasteiger partial charge in [-0.1, -0.05) is 35.3 Å². The molecular formula is C20H13Cl2F3N2O2. The van der Waals surface area contributed by atoms with Crippen LogP contribution in [0, 0.1) is 0 Å². The minimum atomic E-state index is -4.43. The summed E-state index contributed by atoms with van der Waals surface area (Å²) in [4.78, 5) is 25.1. The second-order valence-electron chi connectivity index (χ2n) is 6.16. The fourth-order valence-electron chi connectivity index (χ4n) is 2.65. The highest BCUT2D eigenvalue weighted by Crippen LogP contribution is 2.29. The van der Waals surface area contributed by atoms with Crippen LogP contribution in [0.5, 0.6) is 0 Å². The highest BCUT2D eigenvalue weighted by atomic mass is 35.5. The number of pyridine rings is 1. The number of rotatable bonds is 4. The molecule has 150 valence electrons. The SMILES string of the molecule is O=C(Nc1cc(Cl)cc(Cl)c1)c1cccn(Cc2ccc(C(F)(F)F)cc2)c1=O. The maximum absolute atomic E-state index is 12.7. The minimum Gasteiger partial charge on any atom is -0.322 e. The van der Waals surface area contributed by atoms with Crippen LogP contribution in [-0.2, 0) is 12.7 Å². The van der Waals surface area contributed by atoms with Crippen LogP contribution in [0.3, 0.4) is 0 Å². The molecule has 0 spiro atoms. The Labute approximate surface area is 173 Å². The van der Waals surface area contributed by atoms with Gasteiger partial charge in [-0.3, -0.25) is 9.59 Å². The van der Waals surface area contributed by atoms with Gasteiger partial charge in [0.05, 0.1) is 12.1 Å². The van der Waals surface area contributed by atoms with E-state index >= 15 is 0 Å². The van der Waals surface area contributed by atoms with E-state index in [9.17, 15) is 22.8 Å². The number of nitrogens with one attached hydrogen (secondary N) is 1. The van der Waals surface area contributed by atoms with Crippen molar-refractivity contribution >= 4 is 34.8 Å². The Morgan fingerprint density at radius 2 is 1.62 bits per heavy atom. The van der Waals surface area contributed by atoms with Crippen molar-refractivity contribution in [1.82, 2.24) is 4.57 Å². The average molecular weight is 441 g/mol. The highest BCUT2D eigenvalue weighted by molar-refractivity contribution is 6.35. The standard InChI is InChI=1S/C20H13Cl2F3N2O2/c21-14-8-15(22)10-16(9-14)26-18(28)17-2-1-7-27(19(17)29)11-12-3-5-13(6-4-12)20(23,24)25/h1-10H,11H2,(H,26,28). The third-order valence-electron chi connectivity index (χ3n) is 4.02. The van der Waals surface area contributed by atoms with Gasteiger partial charge in [0.2, 0.25) is 0 Å². The van der Waals surface area contributed by atoms with Crippen LogP contribution >= 0.6 is 23.2 Å². The summed E-state index contributed by atoms with van der Waals surface area (Å²) >= 11 is 11.8. The van der Waals surface area contributed by atoms with E-state index in [4.69, 9.17) is 23.2 Å². The van der Waals surface area contributed by atoms with E-state index in [1.807, 2.05) is 0 Å². The van der Waals surface area contributed by atoms with E-state index in [-0.39, 0.29) is 12.1 Å². The number of amides is 1. The lowest BCUT2D eigenvalue weighted by Gasteiger charge is -2.11. The van der Waals surface area contributed by atoms with E-state index in [0.717, 1.165) is 12.1 Å². The minimum absolute atomic E-state index is 0.0150. The Bertz CT molecular complexity index is 1090. The van der Waals surface area contributed by atoms with Crippen LogP contribution < -0.4 is 10.9 Å². The van der Waals surface area contributed by atoms with Crippen molar-refractivity contribution in [2.45, 2.75) is 12.7 Å². The molecule has 0 saturated carbocycles. The second-order valence-corrected chi connectivity index (χ2v) is 7.03. The Kier molecular flexibility index (Phi) is 6.00. The molecule has 3 rings (SSSR count). The van der Waals surface area contributed by atoms with Crippen molar-refractivity contribution in [3.05, 3.63) is 97.9 Å². The Morgan fingerprint density at radius 3 is 2.21 bits per heavy atom. The molecule has 0 aliphatic rings. The summed E-state index contributed by atoms with van der Waals surface area (Å²) in [6.45, 7) is 0.0150. The topological polar surface area (TPSA) is 51.1 Å². The van der Waals surface area contributed by atoms with Gasteiger partial charge in [-0.05, 0) is 48.0 Å². The van der Waals surface area contributed by atoms with Crippen LogP contribution in [0.25, 0.3) is 0 Å². The normalized spacial score (nSPS) is 11.3. The van der Waals surface area contributed by atoms with E-state index in [2.05, 4.69) is 5.32 Å². The van der Waals surface area contributed by atoms with Crippen molar-refractivity contribution < 1.29 is 18.0 Å². The molecule has 0 atom stereocenters. The van der Waals surface area contributed by atoms with Crippen LogP contribution in [0.2, 0.25) is 10.0 Å². The molecule has 0 bridgehead atoms. The lowest BCUT2D eigenvalue weighted by atomic mass is 10.1. The molecule has 0 aliphatic heterocycles. The predicted molar refractivity (Wildman–Crippen MR) is 106 cm³/mol. The molecule has 3 aromatic rings. The van der Waals surface area contributed by atoms with Crippen molar-refractivity contribution in [3.8, 4) is 0 Å². The molecule has 29 heavy (non-hydrogen) atoms. The van der Waals surface area contributed by atoms with E-state index < -0.39 is 23.2 Å². The fraction of sp³-hybridized carbons (Fsp3) is 0.100. The molecule has 0 radical (unpaired) electrons. The molecule has 0 unspecified atom stereocenters. The van der Waals surface area contributed by atoms with E-state index in [0.29, 0.717) is 21.3 Å². The lowest BCUT2D eigenvalue weighted by molar-refractivity contribution is -0.137. The van der Waals surface area contributed by atoms with Gasteiger partial charge in [0.25, 0.3) is 11.5 Å². The number of aromatic nitrogens is 1. The summed E-state index contributed by atoms with van der Waals surface area (Å²) in [6.07, 6.45) is -2.98. The zero-order valence-corrected chi connectivity index (χ0v) is 16.1. The summed E-state index contributed by atoms with van der Waals surface area (Å²) < 4.78 is 39.2. The molecule has 1 N–H and O–H groups in total. The molecule has 1 amide bonds. The molecular weight excluding hydrogens is 428 g/mol. The van der Waals surface area contributed by atoms with Gasteiger partial charge >= 0.3 is 6.18 Å². The van der Waals surface area contributed by atoms with Crippen LogP contribution in [-0.4, -0.2) is 10.5 Å². The third-order valence-corrected chi connectivity index (χ3v) is 4.46. The quantitative estimate of drug-likeness (QED) is 0.584. The first-order valence-electron chi connectivity index (χ1n) is 8.26. The zero-order chi connectivity index (χ0) is 21.2. The fourth-order valence-corrected chi connectivity index (χ4v) is 3.18. The first-order valence-corrected chi connectivity index (χ1v) is 9.02. The molecule has 0 aliphatic carbocycles. The van der Waals surface area contributed by atoms with Gasteiger partial charge in [0.15, 0.2) is 0 Å². The van der Waals surface area contributed by atoms with Crippen molar-refractivity contribution in [2.75, 3.05) is 5.32 Å². The van der Waals surface area contributed by atoms with E-state index in [1.165, 1.54) is 53.2 Å². The zero-order valence-electron chi connectivity index (χ0n) is 14.6. The maximum atomic E-state index is 12.7. The number of hydrogen-bond acceptors (Lipinski definition) is 2. The largest absolute Gasteiger partial charge is 0.416 e. The van der Waals surface area contributed by atoms with Gasteiger partial charge in [-0.25, -0.2) is 0 Å². The average Bonchev–Trinajstić information content (AvgIpc) is 2.62. The third kappa shape index (κ3) is 5.19. The molecule has 1 heterocycles. The number of alkyl halides is 3. The summed E-state index contributed by atoms with van der Waals surface area (Å²) in [6, 6.07) is 11.8. The van der Waals surface area contributed by atoms with Crippen LogP contribution in [0.15, 0.2) is 65.6 Å². The highest BCUT2D eigenvalue weighted by Gasteiger charge is 2.29. The molecule has 2 aromatic carbocycles. The van der Waals surface area contributed by atoms with Gasteiger partial charge in [-0.15, -0.1) is 0 Å². The number of benzene rings is 2. The first kappa shape index (κ1) is 21.0. The predicted octanol–water partition coefficient (Wildman–Crippen LogP) is 5.47. The van der Waals surface area contributed by atoms with Crippen molar-refractivity contribution in [2.24, 2.45) is 0 Å². The van der Waals surface area contributed by atoms with Gasteiger partial charge in [0.1, 0.15) is 5.56 Å². The van der Waals surface area contributed by atoms with Crippen molar-refractivity contribution in [3.63, 3.8) is 0 Å². The molecule has 0 fully saturated rings. The number of hydrogen-bond donors (Lipinski definition) is 1. The molecule has 0 saturated heterocycles. The number of carbonyl (C=O) groups excluding carboxylic acids is 1. The molecule has 1 aromatic heterocycles. The summed E-state index contributed by atoms with van der Waals surface area (Å²) in [5.41, 5.74) is -0.681.